The summed E-state index contributed by atoms with van der Waals surface area (Å²) < 4.78 is 5.57. The summed E-state index contributed by atoms with van der Waals surface area (Å²) >= 11 is 0. The van der Waals surface area contributed by atoms with Gasteiger partial charge >= 0.3 is 0 Å². The maximum absolute atomic E-state index is 5.77. The van der Waals surface area contributed by atoms with Crippen LogP contribution in [0, 0.1) is 13.8 Å². The van der Waals surface area contributed by atoms with Crippen LogP contribution in [0.2, 0.25) is 0 Å². The second kappa shape index (κ2) is 5.89. The van der Waals surface area contributed by atoms with E-state index in [0.29, 0.717) is 13.2 Å². The van der Waals surface area contributed by atoms with Gasteiger partial charge in [-0.3, -0.25) is 0 Å². The summed E-state index contributed by atoms with van der Waals surface area (Å²) in [5, 5.41) is 0. The third-order valence-electron chi connectivity index (χ3n) is 2.61. The molecular weight excluding hydrogens is 186 g/mol. The molecule has 0 fully saturated rings. The van der Waals surface area contributed by atoms with Gasteiger partial charge in [0.15, 0.2) is 0 Å². The number of benzene rings is 1. The molecule has 0 bridgehead atoms. The van der Waals surface area contributed by atoms with Crippen molar-refractivity contribution in [2.24, 2.45) is 5.73 Å². The smallest absolute Gasteiger partial charge is 0.0720 e. The van der Waals surface area contributed by atoms with Crippen molar-refractivity contribution in [1.29, 1.82) is 0 Å². The Bertz CT molecular complexity index is 309. The normalized spacial score (nSPS) is 12.8. The van der Waals surface area contributed by atoms with Crippen LogP contribution in [0.5, 0.6) is 0 Å². The number of aryl methyl sites for hydroxylation is 2. The highest BCUT2D eigenvalue weighted by atomic mass is 16.5. The molecular formula is C13H21NO. The van der Waals surface area contributed by atoms with E-state index in [9.17, 15) is 0 Å². The minimum absolute atomic E-state index is 0.163. The second-order valence-electron chi connectivity index (χ2n) is 4.11. The first kappa shape index (κ1) is 12.2. The summed E-state index contributed by atoms with van der Waals surface area (Å²) in [7, 11) is 0. The zero-order valence-electron chi connectivity index (χ0n) is 9.92. The fourth-order valence-electron chi connectivity index (χ4n) is 1.45. The second-order valence-corrected chi connectivity index (χ2v) is 4.11. The lowest BCUT2D eigenvalue weighted by molar-refractivity contribution is 0.106. The molecule has 0 aliphatic heterocycles. The molecule has 2 heteroatoms. The van der Waals surface area contributed by atoms with E-state index in [2.05, 4.69) is 39.0 Å². The highest BCUT2D eigenvalue weighted by molar-refractivity contribution is 5.29. The first-order chi connectivity index (χ1) is 7.13. The molecule has 0 radical (unpaired) electrons. The molecule has 0 saturated carbocycles. The van der Waals surface area contributed by atoms with E-state index in [0.717, 1.165) is 6.42 Å². The van der Waals surface area contributed by atoms with Crippen molar-refractivity contribution in [2.45, 2.75) is 39.8 Å². The Hall–Kier alpha value is -0.860. The highest BCUT2D eigenvalue weighted by Crippen LogP contribution is 2.11. The van der Waals surface area contributed by atoms with Crippen LogP contribution in [0.15, 0.2) is 18.2 Å². The largest absolute Gasteiger partial charge is 0.375 e. The van der Waals surface area contributed by atoms with E-state index in [4.69, 9.17) is 10.5 Å². The van der Waals surface area contributed by atoms with Gasteiger partial charge in [0.25, 0.3) is 0 Å². The van der Waals surface area contributed by atoms with E-state index >= 15 is 0 Å². The summed E-state index contributed by atoms with van der Waals surface area (Å²) in [4.78, 5) is 0. The summed E-state index contributed by atoms with van der Waals surface area (Å²) in [6, 6.07) is 6.59. The van der Waals surface area contributed by atoms with Gasteiger partial charge in [0.1, 0.15) is 0 Å². The van der Waals surface area contributed by atoms with Gasteiger partial charge in [0, 0.05) is 6.04 Å². The van der Waals surface area contributed by atoms with Gasteiger partial charge in [-0.1, -0.05) is 30.7 Å². The van der Waals surface area contributed by atoms with Crippen molar-refractivity contribution < 1.29 is 4.74 Å². The van der Waals surface area contributed by atoms with Crippen LogP contribution in [-0.4, -0.2) is 12.6 Å². The third-order valence-corrected chi connectivity index (χ3v) is 2.61. The van der Waals surface area contributed by atoms with Crippen LogP contribution in [0.25, 0.3) is 0 Å². The fourth-order valence-corrected chi connectivity index (χ4v) is 1.45. The molecule has 1 aromatic rings. The van der Waals surface area contributed by atoms with Crippen LogP contribution >= 0.6 is 0 Å². The SMILES string of the molecule is CC[C@H](N)COCc1ccc(C)cc1C. The predicted octanol–water partition coefficient (Wildman–Crippen LogP) is 2.56. The Morgan fingerprint density at radius 2 is 2.07 bits per heavy atom. The van der Waals surface area contributed by atoms with Crippen molar-refractivity contribution in [2.75, 3.05) is 6.61 Å². The number of rotatable bonds is 5. The Balaban J connectivity index is 2.44. The minimum atomic E-state index is 0.163. The summed E-state index contributed by atoms with van der Waals surface area (Å²) in [5.41, 5.74) is 9.61. The van der Waals surface area contributed by atoms with Crippen molar-refractivity contribution in [3.63, 3.8) is 0 Å². The predicted molar refractivity (Wildman–Crippen MR) is 63.8 cm³/mol. The number of hydrogen-bond donors (Lipinski definition) is 1. The molecule has 1 aromatic carbocycles. The lowest BCUT2D eigenvalue weighted by Crippen LogP contribution is -2.24. The third kappa shape index (κ3) is 4.02. The molecule has 15 heavy (non-hydrogen) atoms. The van der Waals surface area contributed by atoms with E-state index in [-0.39, 0.29) is 6.04 Å². The number of nitrogens with two attached hydrogens (primary N) is 1. The first-order valence-electron chi connectivity index (χ1n) is 5.53. The van der Waals surface area contributed by atoms with Gasteiger partial charge in [-0.2, -0.15) is 0 Å². The number of hydrogen-bond acceptors (Lipinski definition) is 2. The molecule has 1 atom stereocenters. The van der Waals surface area contributed by atoms with Gasteiger partial charge in [-0.15, -0.1) is 0 Å². The van der Waals surface area contributed by atoms with Crippen LogP contribution in [-0.2, 0) is 11.3 Å². The highest BCUT2D eigenvalue weighted by Gasteiger charge is 2.01. The van der Waals surface area contributed by atoms with Gasteiger partial charge < -0.3 is 10.5 Å². The topological polar surface area (TPSA) is 35.2 Å². The maximum atomic E-state index is 5.77. The van der Waals surface area contributed by atoms with E-state index in [1.54, 1.807) is 0 Å². The van der Waals surface area contributed by atoms with Crippen molar-refractivity contribution >= 4 is 0 Å². The van der Waals surface area contributed by atoms with E-state index in [1.807, 2.05) is 0 Å². The van der Waals surface area contributed by atoms with E-state index in [1.165, 1.54) is 16.7 Å². The zero-order chi connectivity index (χ0) is 11.3. The maximum Gasteiger partial charge on any atom is 0.0720 e. The summed E-state index contributed by atoms with van der Waals surface area (Å²) in [6.45, 7) is 7.60. The molecule has 0 saturated heterocycles. The average Bonchev–Trinajstić information content (AvgIpc) is 2.21. The summed E-state index contributed by atoms with van der Waals surface area (Å²) in [5.74, 6) is 0. The molecule has 0 amide bonds. The lowest BCUT2D eigenvalue weighted by Gasteiger charge is -2.11. The van der Waals surface area contributed by atoms with Crippen LogP contribution in [0.1, 0.15) is 30.0 Å². The monoisotopic (exact) mass is 207 g/mol. The van der Waals surface area contributed by atoms with Crippen molar-refractivity contribution in [1.82, 2.24) is 0 Å². The average molecular weight is 207 g/mol. The molecule has 0 spiro atoms. The van der Waals surface area contributed by atoms with Crippen LogP contribution in [0.3, 0.4) is 0 Å². The Kier molecular flexibility index (Phi) is 4.79. The van der Waals surface area contributed by atoms with Gasteiger partial charge in [-0.25, -0.2) is 0 Å². The Labute approximate surface area is 92.4 Å². The number of ether oxygens (including phenoxy) is 1. The summed E-state index contributed by atoms with van der Waals surface area (Å²) in [6.07, 6.45) is 0.965. The van der Waals surface area contributed by atoms with Crippen LogP contribution in [0.4, 0.5) is 0 Å². The molecule has 2 N–H and O–H groups in total. The standard InChI is InChI=1S/C13H21NO/c1-4-13(14)9-15-8-12-6-5-10(2)7-11(12)3/h5-7,13H,4,8-9,14H2,1-3H3/t13-/m0/s1. The van der Waals surface area contributed by atoms with E-state index < -0.39 is 0 Å². The van der Waals surface area contributed by atoms with Gasteiger partial charge in [0.2, 0.25) is 0 Å². The molecule has 2 nitrogen and oxygen atoms in total. The molecule has 0 heterocycles. The van der Waals surface area contributed by atoms with Crippen molar-refractivity contribution in [3.05, 3.63) is 34.9 Å². The molecule has 84 valence electrons. The Morgan fingerprint density at radius 3 is 2.67 bits per heavy atom. The van der Waals surface area contributed by atoms with Gasteiger partial charge in [0.05, 0.1) is 13.2 Å². The Morgan fingerprint density at radius 1 is 1.33 bits per heavy atom. The molecule has 0 unspecified atom stereocenters. The molecule has 0 aromatic heterocycles. The molecule has 0 aliphatic rings. The molecule has 0 aliphatic carbocycles. The lowest BCUT2D eigenvalue weighted by atomic mass is 10.1. The molecule has 1 rings (SSSR count). The van der Waals surface area contributed by atoms with Gasteiger partial charge in [-0.05, 0) is 31.4 Å². The zero-order valence-corrected chi connectivity index (χ0v) is 9.92. The first-order valence-corrected chi connectivity index (χ1v) is 5.53. The quantitative estimate of drug-likeness (QED) is 0.805. The van der Waals surface area contributed by atoms with Crippen molar-refractivity contribution in [3.8, 4) is 0 Å². The minimum Gasteiger partial charge on any atom is -0.375 e. The van der Waals surface area contributed by atoms with Crippen LogP contribution < -0.4 is 5.73 Å². The fraction of sp³-hybridized carbons (Fsp3) is 0.538.